The Labute approximate surface area is 193 Å². The van der Waals surface area contributed by atoms with Gasteiger partial charge in [0.05, 0.1) is 13.1 Å². The summed E-state index contributed by atoms with van der Waals surface area (Å²) in [4.78, 5) is 23.2. The molecule has 12 heteroatoms. The number of halogens is 1. The molecular formula is C21H22ClN9O2. The first-order valence-electron chi connectivity index (χ1n) is 10.4. The molecule has 1 aliphatic rings. The maximum absolute atomic E-state index is 13.5. The van der Waals surface area contributed by atoms with Crippen molar-refractivity contribution in [1.82, 2.24) is 34.7 Å². The number of fused-ring (bicyclic) bond motifs is 1. The van der Waals surface area contributed by atoms with E-state index in [9.17, 15) is 9.90 Å². The number of pyridine rings is 1. The van der Waals surface area contributed by atoms with E-state index in [0.29, 0.717) is 27.2 Å². The normalized spacial score (nSPS) is 18.4. The SMILES string of the molecule is C[C@H](Nc1ncnc(N)c1-c1nnn(C)n1)c1cc2c(Cl)cccc2c(=O)n1C1CC1CO. The van der Waals surface area contributed by atoms with Gasteiger partial charge in [0, 0.05) is 40.1 Å². The van der Waals surface area contributed by atoms with Crippen LogP contribution in [0.15, 0.2) is 35.4 Å². The molecule has 1 fully saturated rings. The molecule has 170 valence electrons. The van der Waals surface area contributed by atoms with Gasteiger partial charge in [-0.1, -0.05) is 17.7 Å². The van der Waals surface area contributed by atoms with E-state index in [2.05, 4.69) is 30.7 Å². The number of aliphatic hydroxyl groups excluding tert-OH is 1. The molecule has 0 radical (unpaired) electrons. The highest BCUT2D eigenvalue weighted by Gasteiger charge is 2.40. The van der Waals surface area contributed by atoms with Crippen molar-refractivity contribution >= 4 is 34.0 Å². The minimum atomic E-state index is -0.372. The summed E-state index contributed by atoms with van der Waals surface area (Å²) < 4.78 is 1.75. The van der Waals surface area contributed by atoms with Gasteiger partial charge in [0.2, 0.25) is 5.82 Å². The zero-order valence-corrected chi connectivity index (χ0v) is 18.7. The maximum atomic E-state index is 13.5. The number of rotatable bonds is 6. The van der Waals surface area contributed by atoms with Crippen LogP contribution in [0.5, 0.6) is 0 Å². The summed E-state index contributed by atoms with van der Waals surface area (Å²) in [6.07, 6.45) is 2.08. The van der Waals surface area contributed by atoms with Gasteiger partial charge in [-0.2, -0.15) is 4.80 Å². The summed E-state index contributed by atoms with van der Waals surface area (Å²) in [5.74, 6) is 0.941. The molecule has 1 saturated carbocycles. The molecule has 0 spiro atoms. The van der Waals surface area contributed by atoms with E-state index in [-0.39, 0.29) is 41.8 Å². The van der Waals surface area contributed by atoms with E-state index >= 15 is 0 Å². The van der Waals surface area contributed by atoms with E-state index in [4.69, 9.17) is 17.3 Å². The lowest BCUT2D eigenvalue weighted by molar-refractivity contribution is 0.268. The van der Waals surface area contributed by atoms with Crippen LogP contribution in [0.4, 0.5) is 11.6 Å². The molecule has 11 nitrogen and oxygen atoms in total. The van der Waals surface area contributed by atoms with Gasteiger partial charge in [-0.15, -0.1) is 10.2 Å². The van der Waals surface area contributed by atoms with E-state index < -0.39 is 0 Å². The maximum Gasteiger partial charge on any atom is 0.259 e. The lowest BCUT2D eigenvalue weighted by atomic mass is 10.1. The highest BCUT2D eigenvalue weighted by molar-refractivity contribution is 6.35. The quantitative estimate of drug-likeness (QED) is 0.386. The van der Waals surface area contributed by atoms with Gasteiger partial charge in [-0.05, 0) is 36.8 Å². The highest BCUT2D eigenvalue weighted by Crippen LogP contribution is 2.44. The molecule has 2 unspecified atom stereocenters. The summed E-state index contributed by atoms with van der Waals surface area (Å²) in [6.45, 7) is 1.94. The van der Waals surface area contributed by atoms with Crippen molar-refractivity contribution in [2.24, 2.45) is 13.0 Å². The third kappa shape index (κ3) is 3.68. The summed E-state index contributed by atoms with van der Waals surface area (Å²) in [7, 11) is 1.65. The van der Waals surface area contributed by atoms with Crippen LogP contribution < -0.4 is 16.6 Å². The molecule has 4 N–H and O–H groups in total. The summed E-state index contributed by atoms with van der Waals surface area (Å²) >= 11 is 6.43. The van der Waals surface area contributed by atoms with Gasteiger partial charge in [-0.3, -0.25) is 4.79 Å². The number of nitrogens with two attached hydrogens (primary N) is 1. The van der Waals surface area contributed by atoms with Gasteiger partial charge in [0.15, 0.2) is 0 Å². The second-order valence-electron chi connectivity index (χ2n) is 8.14. The molecule has 5 rings (SSSR count). The molecule has 0 aliphatic heterocycles. The molecule has 3 heterocycles. The minimum absolute atomic E-state index is 0.0247. The zero-order chi connectivity index (χ0) is 23.3. The average molecular weight is 468 g/mol. The van der Waals surface area contributed by atoms with Crippen molar-refractivity contribution in [3.05, 3.63) is 51.7 Å². The summed E-state index contributed by atoms with van der Waals surface area (Å²) in [5, 5.41) is 26.8. The molecule has 0 amide bonds. The van der Waals surface area contributed by atoms with Crippen molar-refractivity contribution in [3.8, 4) is 11.4 Å². The van der Waals surface area contributed by atoms with Crippen LogP contribution in [0.1, 0.15) is 31.1 Å². The van der Waals surface area contributed by atoms with Crippen LogP contribution in [0.2, 0.25) is 5.02 Å². The number of aromatic nitrogens is 7. The predicted octanol–water partition coefficient (Wildman–Crippen LogP) is 1.94. The number of benzene rings is 1. The number of nitrogens with one attached hydrogen (secondary N) is 1. The number of nitrogens with zero attached hydrogens (tertiary/aromatic N) is 7. The third-order valence-corrected chi connectivity index (χ3v) is 6.26. The van der Waals surface area contributed by atoms with Gasteiger partial charge in [0.1, 0.15) is 23.5 Å². The Bertz CT molecular complexity index is 1420. The molecule has 1 aromatic carbocycles. The van der Waals surface area contributed by atoms with E-state index in [0.717, 1.165) is 12.1 Å². The standard InChI is InChI=1S/C21H22ClN9O2/c1-10(26-19-17(18(23)24-9-25-19)20-27-29-30(2)28-20)15-7-13-12(4-3-5-14(13)22)21(33)31(15)16-6-11(16)8-32/h3-5,7,9-11,16,32H,6,8H2,1-2H3,(H3,23,24,25,26)/t10-,11?,16?/m0/s1. The van der Waals surface area contributed by atoms with Crippen molar-refractivity contribution in [3.63, 3.8) is 0 Å². The molecule has 1 aliphatic carbocycles. The van der Waals surface area contributed by atoms with Gasteiger partial charge in [0.25, 0.3) is 5.56 Å². The van der Waals surface area contributed by atoms with E-state index in [1.807, 2.05) is 13.0 Å². The summed E-state index contributed by atoms with van der Waals surface area (Å²) in [5.41, 5.74) is 7.11. The van der Waals surface area contributed by atoms with Crippen LogP contribution in [0, 0.1) is 5.92 Å². The zero-order valence-electron chi connectivity index (χ0n) is 18.0. The average Bonchev–Trinajstić information content (AvgIpc) is 3.45. The van der Waals surface area contributed by atoms with E-state index in [1.165, 1.54) is 11.1 Å². The van der Waals surface area contributed by atoms with Gasteiger partial charge in [-0.25, -0.2) is 9.97 Å². The van der Waals surface area contributed by atoms with Gasteiger partial charge >= 0.3 is 0 Å². The molecule has 3 atom stereocenters. The number of aliphatic hydroxyl groups is 1. The Balaban J connectivity index is 1.62. The molecule has 0 saturated heterocycles. The Morgan fingerprint density at radius 3 is 2.85 bits per heavy atom. The fraction of sp³-hybridized carbons (Fsp3) is 0.333. The third-order valence-electron chi connectivity index (χ3n) is 5.93. The predicted molar refractivity (Wildman–Crippen MR) is 124 cm³/mol. The number of hydrogen-bond donors (Lipinski definition) is 3. The van der Waals surface area contributed by atoms with Crippen molar-refractivity contribution in [1.29, 1.82) is 0 Å². The highest BCUT2D eigenvalue weighted by atomic mass is 35.5. The first-order chi connectivity index (χ1) is 15.9. The Morgan fingerprint density at radius 2 is 2.15 bits per heavy atom. The first-order valence-corrected chi connectivity index (χ1v) is 10.8. The van der Waals surface area contributed by atoms with E-state index in [1.54, 1.807) is 29.8 Å². The Hall–Kier alpha value is -3.57. The van der Waals surface area contributed by atoms with Crippen molar-refractivity contribution in [2.45, 2.75) is 25.4 Å². The van der Waals surface area contributed by atoms with Crippen LogP contribution in [-0.2, 0) is 7.05 Å². The topological polar surface area (TPSA) is 150 Å². The molecule has 0 bridgehead atoms. The molecule has 4 aromatic rings. The van der Waals surface area contributed by atoms with Crippen LogP contribution in [0.25, 0.3) is 22.2 Å². The number of hydrogen-bond acceptors (Lipinski definition) is 9. The lowest BCUT2D eigenvalue weighted by Gasteiger charge is -2.22. The number of aryl methyl sites for hydroxylation is 1. The second-order valence-corrected chi connectivity index (χ2v) is 8.55. The molecular weight excluding hydrogens is 446 g/mol. The number of anilines is 2. The fourth-order valence-corrected chi connectivity index (χ4v) is 4.38. The molecule has 3 aromatic heterocycles. The largest absolute Gasteiger partial charge is 0.396 e. The lowest BCUT2D eigenvalue weighted by Crippen LogP contribution is -2.27. The van der Waals surface area contributed by atoms with Crippen LogP contribution >= 0.6 is 11.6 Å². The van der Waals surface area contributed by atoms with Crippen LogP contribution in [0.3, 0.4) is 0 Å². The Morgan fingerprint density at radius 1 is 1.33 bits per heavy atom. The molecule has 33 heavy (non-hydrogen) atoms. The van der Waals surface area contributed by atoms with Crippen molar-refractivity contribution < 1.29 is 5.11 Å². The second kappa shape index (κ2) is 8.09. The minimum Gasteiger partial charge on any atom is -0.396 e. The number of nitrogen functional groups attached to an aromatic ring is 1. The van der Waals surface area contributed by atoms with Crippen molar-refractivity contribution in [2.75, 3.05) is 17.7 Å². The fourth-order valence-electron chi connectivity index (χ4n) is 4.15. The summed E-state index contributed by atoms with van der Waals surface area (Å²) in [6, 6.07) is 6.74. The monoisotopic (exact) mass is 467 g/mol. The number of tetrazole rings is 1. The smallest absolute Gasteiger partial charge is 0.259 e. The first kappa shape index (κ1) is 21.3. The Kier molecular flexibility index (Phi) is 5.22. The van der Waals surface area contributed by atoms with Crippen LogP contribution in [-0.4, -0.2) is 46.5 Å². The van der Waals surface area contributed by atoms with Gasteiger partial charge < -0.3 is 20.7 Å².